The van der Waals surface area contributed by atoms with Crippen LogP contribution < -0.4 is 9.46 Å². The Kier molecular flexibility index (Phi) is 7.42. The molecule has 0 amide bonds. The van der Waals surface area contributed by atoms with Crippen molar-refractivity contribution in [3.8, 4) is 5.88 Å². The van der Waals surface area contributed by atoms with Gasteiger partial charge in [0.05, 0.1) is 16.7 Å². The number of aromatic nitrogens is 2. The quantitative estimate of drug-likeness (QED) is 0.440. The van der Waals surface area contributed by atoms with E-state index in [1.807, 2.05) is 20.8 Å². The number of hydrogen-bond acceptors (Lipinski definition) is 7. The highest BCUT2D eigenvalue weighted by atomic mass is 35.5. The zero-order valence-electron chi connectivity index (χ0n) is 18.5. The minimum Gasteiger partial charge on any atom is -0.598 e. The second-order valence-corrected chi connectivity index (χ2v) is 13.8. The highest BCUT2D eigenvalue weighted by Gasteiger charge is 2.38. The fraction of sp³-hybridized carbons (Fsp3) is 0.619. The van der Waals surface area contributed by atoms with Crippen LogP contribution in [-0.4, -0.2) is 45.3 Å². The highest BCUT2D eigenvalue weighted by Crippen LogP contribution is 2.36. The number of sulfone groups is 1. The van der Waals surface area contributed by atoms with Crippen molar-refractivity contribution in [3.63, 3.8) is 0 Å². The summed E-state index contributed by atoms with van der Waals surface area (Å²) in [5.41, 5.74) is 0.883. The lowest BCUT2D eigenvalue weighted by Gasteiger charge is -2.34. The first-order valence-corrected chi connectivity index (χ1v) is 13.9. The van der Waals surface area contributed by atoms with E-state index in [0.29, 0.717) is 29.3 Å². The Hall–Kier alpha value is -1.13. The van der Waals surface area contributed by atoms with E-state index >= 15 is 0 Å². The molecule has 0 unspecified atom stereocenters. The van der Waals surface area contributed by atoms with E-state index in [4.69, 9.17) is 16.3 Å². The smallest absolute Gasteiger partial charge is 0.223 e. The van der Waals surface area contributed by atoms with Gasteiger partial charge >= 0.3 is 0 Å². The van der Waals surface area contributed by atoms with Gasteiger partial charge in [0.1, 0.15) is 16.0 Å². The normalized spacial score (nSPS) is 21.5. The number of fused-ring (bicyclic) bond motifs is 1. The van der Waals surface area contributed by atoms with Crippen LogP contribution in [0.15, 0.2) is 18.5 Å². The monoisotopic (exact) mass is 487 g/mol. The Morgan fingerprint density at radius 1 is 1.29 bits per heavy atom. The van der Waals surface area contributed by atoms with Crippen LogP contribution >= 0.6 is 11.6 Å². The molecule has 2 atom stereocenters. The zero-order chi connectivity index (χ0) is 23.0. The van der Waals surface area contributed by atoms with Gasteiger partial charge in [-0.25, -0.2) is 18.4 Å². The Labute approximate surface area is 192 Å². The van der Waals surface area contributed by atoms with Gasteiger partial charge in [0.25, 0.3) is 0 Å². The summed E-state index contributed by atoms with van der Waals surface area (Å²) in [6.07, 6.45) is 6.99. The van der Waals surface area contributed by atoms with Crippen molar-refractivity contribution < 1.29 is 17.7 Å². The van der Waals surface area contributed by atoms with Crippen molar-refractivity contribution >= 4 is 43.6 Å². The Balaban J connectivity index is 1.92. The number of nitrogens with one attached hydrogen (secondary N) is 1. The Morgan fingerprint density at radius 2 is 1.97 bits per heavy atom. The van der Waals surface area contributed by atoms with E-state index in [2.05, 4.69) is 21.6 Å². The van der Waals surface area contributed by atoms with Crippen molar-refractivity contribution in [2.24, 2.45) is 0 Å². The van der Waals surface area contributed by atoms with Crippen molar-refractivity contribution in [1.82, 2.24) is 14.7 Å². The molecule has 7 nitrogen and oxygen atoms in total. The number of hydrogen-bond donors (Lipinski definition) is 1. The van der Waals surface area contributed by atoms with Crippen molar-refractivity contribution in [2.45, 2.75) is 75.5 Å². The largest absolute Gasteiger partial charge is 0.598 e. The van der Waals surface area contributed by atoms with Gasteiger partial charge in [-0.05, 0) is 38.6 Å². The second-order valence-electron chi connectivity index (χ2n) is 9.07. The van der Waals surface area contributed by atoms with Gasteiger partial charge in [0.15, 0.2) is 9.84 Å². The first-order valence-electron chi connectivity index (χ1n) is 10.4. The standard InChI is InChI=1S/C21H30ClN3O4S2/c1-6-7-18(25-30(26)21(2,3)4)16-11-24-20(17-12-23-19(22)10-15(16)17)29-13-8-14(9-13)31(5,27)28/h10-14,18,25H,6-9H2,1-5H3/t13-,14+,18-,30-/m0/s1. The molecule has 2 aromatic rings. The molecule has 1 aliphatic rings. The molecule has 1 saturated carbocycles. The highest BCUT2D eigenvalue weighted by molar-refractivity contribution is 7.91. The first kappa shape index (κ1) is 24.5. The van der Waals surface area contributed by atoms with Crippen molar-refractivity contribution in [2.75, 3.05) is 6.26 Å². The molecule has 1 fully saturated rings. The minimum atomic E-state index is -3.05. The van der Waals surface area contributed by atoms with Gasteiger partial charge in [0, 0.05) is 48.4 Å². The third-order valence-electron chi connectivity index (χ3n) is 5.43. The van der Waals surface area contributed by atoms with Crippen LogP contribution in [-0.2, 0) is 21.2 Å². The number of rotatable bonds is 8. The molecule has 0 saturated heterocycles. The molecule has 1 aliphatic carbocycles. The Morgan fingerprint density at radius 3 is 2.55 bits per heavy atom. The summed E-state index contributed by atoms with van der Waals surface area (Å²) in [4.78, 5) is 8.71. The van der Waals surface area contributed by atoms with Crippen LogP contribution in [0.5, 0.6) is 5.88 Å². The van der Waals surface area contributed by atoms with Crippen LogP contribution in [0.1, 0.15) is 65.0 Å². The number of halogens is 1. The van der Waals surface area contributed by atoms with Crippen LogP contribution in [0.2, 0.25) is 5.15 Å². The molecule has 3 rings (SSSR count). The van der Waals surface area contributed by atoms with E-state index in [-0.39, 0.29) is 17.4 Å². The number of pyridine rings is 2. The average Bonchev–Trinajstić information content (AvgIpc) is 2.61. The van der Waals surface area contributed by atoms with Crippen LogP contribution in [0, 0.1) is 0 Å². The van der Waals surface area contributed by atoms with Crippen LogP contribution in [0.3, 0.4) is 0 Å². The summed E-state index contributed by atoms with van der Waals surface area (Å²) in [5.74, 6) is 0.409. The van der Waals surface area contributed by atoms with Gasteiger partial charge in [-0.3, -0.25) is 0 Å². The van der Waals surface area contributed by atoms with Crippen LogP contribution in [0.4, 0.5) is 0 Å². The fourth-order valence-electron chi connectivity index (χ4n) is 3.47. The zero-order valence-corrected chi connectivity index (χ0v) is 20.9. The summed E-state index contributed by atoms with van der Waals surface area (Å²) in [5, 5.41) is 1.52. The SMILES string of the molecule is CCC[C@H](N[S@@+]([O-])C(C)(C)C)c1cnc(O[C@H]2C[C@@H](S(C)(=O)=O)C2)c2cnc(Cl)cc12. The molecule has 1 N–H and O–H groups in total. The lowest BCUT2D eigenvalue weighted by atomic mass is 9.95. The van der Waals surface area contributed by atoms with E-state index in [1.165, 1.54) is 6.26 Å². The summed E-state index contributed by atoms with van der Waals surface area (Å²) >= 11 is 4.95. The van der Waals surface area contributed by atoms with E-state index in [0.717, 1.165) is 23.8 Å². The Bertz CT molecular complexity index is 1040. The molecule has 2 heterocycles. The topological polar surface area (TPSA) is 104 Å². The summed E-state index contributed by atoms with van der Waals surface area (Å²) in [6, 6.07) is 1.59. The van der Waals surface area contributed by atoms with Crippen molar-refractivity contribution in [3.05, 3.63) is 29.2 Å². The molecule has 0 bridgehead atoms. The minimum absolute atomic E-state index is 0.175. The predicted molar refractivity (Wildman–Crippen MR) is 126 cm³/mol. The van der Waals surface area contributed by atoms with Gasteiger partial charge in [-0.1, -0.05) is 24.9 Å². The third kappa shape index (κ3) is 5.82. The summed E-state index contributed by atoms with van der Waals surface area (Å²) < 4.78 is 45.0. The van der Waals surface area contributed by atoms with Gasteiger partial charge in [-0.2, -0.15) is 0 Å². The molecule has 0 radical (unpaired) electrons. The summed E-state index contributed by atoms with van der Waals surface area (Å²) in [6.45, 7) is 7.85. The maximum Gasteiger partial charge on any atom is 0.223 e. The van der Waals surface area contributed by atoms with E-state index in [1.54, 1.807) is 18.5 Å². The number of nitrogens with zero attached hydrogens (tertiary/aromatic N) is 2. The van der Waals surface area contributed by atoms with E-state index in [9.17, 15) is 13.0 Å². The molecule has 0 aromatic carbocycles. The fourth-order valence-corrected chi connectivity index (χ4v) is 5.61. The maximum absolute atomic E-state index is 12.8. The molecule has 0 spiro atoms. The predicted octanol–water partition coefficient (Wildman–Crippen LogP) is 4.13. The lowest BCUT2D eigenvalue weighted by molar-refractivity contribution is 0.119. The van der Waals surface area contributed by atoms with Crippen molar-refractivity contribution in [1.29, 1.82) is 0 Å². The summed E-state index contributed by atoms with van der Waals surface area (Å²) in [7, 11) is -3.05. The lowest BCUT2D eigenvalue weighted by Crippen LogP contribution is -2.42. The maximum atomic E-state index is 12.8. The van der Waals surface area contributed by atoms with E-state index < -0.39 is 25.9 Å². The molecule has 10 heteroatoms. The second kappa shape index (κ2) is 9.39. The number of ether oxygens (including phenoxy) is 1. The molecule has 172 valence electrons. The molecular weight excluding hydrogens is 458 g/mol. The van der Waals surface area contributed by atoms with Crippen LogP contribution in [0.25, 0.3) is 10.8 Å². The van der Waals surface area contributed by atoms with Gasteiger partial charge < -0.3 is 9.29 Å². The van der Waals surface area contributed by atoms with Gasteiger partial charge in [-0.15, -0.1) is 4.72 Å². The third-order valence-corrected chi connectivity index (χ3v) is 8.84. The molecule has 0 aliphatic heterocycles. The molecule has 2 aromatic heterocycles. The molecular formula is C21H30ClN3O4S2. The molecule has 31 heavy (non-hydrogen) atoms. The average molecular weight is 488 g/mol. The van der Waals surface area contributed by atoms with Gasteiger partial charge in [0.2, 0.25) is 5.88 Å². The first-order chi connectivity index (χ1) is 14.4.